The van der Waals surface area contributed by atoms with Gasteiger partial charge in [-0.15, -0.1) is 0 Å². The molecule has 0 saturated carbocycles. The van der Waals surface area contributed by atoms with E-state index in [2.05, 4.69) is 15.0 Å². The molecule has 1 aromatic heterocycles. The lowest BCUT2D eigenvalue weighted by Gasteiger charge is -2.16. The number of nitrogens with zero attached hydrogens (tertiary/aromatic N) is 1. The first-order valence-electron chi connectivity index (χ1n) is 9.50. The number of hydrogen-bond donors (Lipinski definition) is 3. The number of amides is 2. The second-order valence-electron chi connectivity index (χ2n) is 6.78. The second kappa shape index (κ2) is 9.86. The van der Waals surface area contributed by atoms with Crippen LogP contribution in [-0.2, 0) is 9.53 Å². The predicted octanol–water partition coefficient (Wildman–Crippen LogP) is 3.32. The molecule has 2 amide bonds. The number of hydrogen-bond acceptors (Lipinski definition) is 7. The first kappa shape index (κ1) is 22.0. The van der Waals surface area contributed by atoms with Gasteiger partial charge in [-0.1, -0.05) is 42.5 Å². The van der Waals surface area contributed by atoms with E-state index in [1.54, 1.807) is 31.2 Å². The van der Waals surface area contributed by atoms with Crippen molar-refractivity contribution in [2.24, 2.45) is 0 Å². The van der Waals surface area contributed by atoms with Gasteiger partial charge in [-0.3, -0.25) is 9.59 Å². The van der Waals surface area contributed by atoms with E-state index in [0.29, 0.717) is 16.9 Å². The zero-order chi connectivity index (χ0) is 22.4. The largest absolute Gasteiger partial charge is 0.452 e. The predicted molar refractivity (Wildman–Crippen MR) is 119 cm³/mol. The van der Waals surface area contributed by atoms with Crippen LogP contribution in [0.3, 0.4) is 0 Å². The summed E-state index contributed by atoms with van der Waals surface area (Å²) in [5.74, 6) is -1.64. The molecule has 0 saturated heterocycles. The highest BCUT2D eigenvalue weighted by molar-refractivity contribution is 7.10. The summed E-state index contributed by atoms with van der Waals surface area (Å²) >= 11 is 0.986. The van der Waals surface area contributed by atoms with Crippen molar-refractivity contribution in [3.8, 4) is 0 Å². The molecule has 1 heterocycles. The van der Waals surface area contributed by atoms with Gasteiger partial charge in [-0.25, -0.2) is 4.79 Å². The van der Waals surface area contributed by atoms with Crippen LogP contribution in [0.4, 0.5) is 10.7 Å². The number of para-hydroxylation sites is 1. The number of nitrogens with two attached hydrogens (primary N) is 1. The van der Waals surface area contributed by atoms with E-state index in [1.807, 2.05) is 37.3 Å². The van der Waals surface area contributed by atoms with Gasteiger partial charge in [0.15, 0.2) is 6.61 Å². The lowest BCUT2D eigenvalue weighted by Crippen LogP contribution is -2.28. The van der Waals surface area contributed by atoms with Crippen molar-refractivity contribution in [3.63, 3.8) is 0 Å². The van der Waals surface area contributed by atoms with E-state index < -0.39 is 18.5 Å². The van der Waals surface area contributed by atoms with Crippen molar-refractivity contribution in [2.75, 3.05) is 17.7 Å². The Labute approximate surface area is 183 Å². The molecule has 0 aliphatic heterocycles. The van der Waals surface area contributed by atoms with Crippen molar-refractivity contribution >= 4 is 40.0 Å². The highest BCUT2D eigenvalue weighted by Crippen LogP contribution is 2.22. The number of anilines is 2. The van der Waals surface area contributed by atoms with Crippen LogP contribution in [0.5, 0.6) is 0 Å². The Morgan fingerprint density at radius 1 is 1.10 bits per heavy atom. The van der Waals surface area contributed by atoms with Crippen LogP contribution < -0.4 is 16.4 Å². The minimum absolute atomic E-state index is 0.160. The molecule has 1 unspecified atom stereocenters. The summed E-state index contributed by atoms with van der Waals surface area (Å²) < 4.78 is 9.02. The summed E-state index contributed by atoms with van der Waals surface area (Å²) in [5, 5.41) is 5.76. The number of carbonyl (C=O) groups excluding carboxylic acids is 3. The highest BCUT2D eigenvalue weighted by Gasteiger charge is 2.20. The van der Waals surface area contributed by atoms with Gasteiger partial charge >= 0.3 is 5.97 Å². The molecule has 4 N–H and O–H groups in total. The molecule has 3 rings (SSSR count). The first-order chi connectivity index (χ1) is 14.9. The Balaban J connectivity index is 1.62. The van der Waals surface area contributed by atoms with Gasteiger partial charge in [0, 0.05) is 0 Å². The smallest absolute Gasteiger partial charge is 0.343 e. The van der Waals surface area contributed by atoms with Crippen LogP contribution in [0, 0.1) is 6.92 Å². The van der Waals surface area contributed by atoms with Crippen LogP contribution >= 0.6 is 11.5 Å². The molecule has 0 radical (unpaired) electrons. The summed E-state index contributed by atoms with van der Waals surface area (Å²) in [6.07, 6.45) is 0. The van der Waals surface area contributed by atoms with Gasteiger partial charge in [-0.05, 0) is 43.1 Å². The Bertz CT molecular complexity index is 1080. The van der Waals surface area contributed by atoms with Gasteiger partial charge in [0.2, 0.25) is 0 Å². The molecule has 8 nitrogen and oxygen atoms in total. The minimum Gasteiger partial charge on any atom is -0.452 e. The molecule has 0 aliphatic rings. The number of nitrogens with one attached hydrogen (secondary N) is 2. The lowest BCUT2D eigenvalue weighted by molar-refractivity contribution is -0.119. The topological polar surface area (TPSA) is 123 Å². The average Bonchev–Trinajstić information content (AvgIpc) is 3.11. The fourth-order valence-corrected chi connectivity index (χ4v) is 3.56. The number of benzene rings is 2. The number of carbonyl (C=O) groups is 3. The Morgan fingerprint density at radius 2 is 1.77 bits per heavy atom. The molecule has 1 atom stereocenters. The van der Waals surface area contributed by atoms with Crippen LogP contribution in [0.25, 0.3) is 0 Å². The highest BCUT2D eigenvalue weighted by atomic mass is 32.1. The zero-order valence-corrected chi connectivity index (χ0v) is 17.9. The quantitative estimate of drug-likeness (QED) is 0.486. The SMILES string of the molecule is Cc1nsc(N)c1C(=O)OCC(=O)Nc1ccccc1C(=O)NC(C)c1ccccc1. The van der Waals surface area contributed by atoms with Crippen LogP contribution in [0.2, 0.25) is 0 Å². The maximum absolute atomic E-state index is 12.8. The third-order valence-corrected chi connectivity index (χ3v) is 5.29. The van der Waals surface area contributed by atoms with Crippen molar-refractivity contribution in [3.05, 3.63) is 77.0 Å². The van der Waals surface area contributed by atoms with Gasteiger partial charge in [0.05, 0.1) is 23.0 Å². The van der Waals surface area contributed by atoms with E-state index in [-0.39, 0.29) is 22.5 Å². The molecular formula is C22H22N4O4S. The summed E-state index contributed by atoms with van der Waals surface area (Å²) in [7, 11) is 0. The summed E-state index contributed by atoms with van der Waals surface area (Å²) in [4.78, 5) is 37.2. The van der Waals surface area contributed by atoms with Gasteiger partial charge in [0.1, 0.15) is 10.6 Å². The fourth-order valence-electron chi connectivity index (χ4n) is 2.91. The molecule has 0 fully saturated rings. The lowest BCUT2D eigenvalue weighted by atomic mass is 10.1. The van der Waals surface area contributed by atoms with Gasteiger partial charge < -0.3 is 21.1 Å². The molecule has 0 spiro atoms. The molecule has 0 bridgehead atoms. The van der Waals surface area contributed by atoms with Crippen LogP contribution in [0.1, 0.15) is 44.9 Å². The number of aromatic nitrogens is 1. The monoisotopic (exact) mass is 438 g/mol. The third kappa shape index (κ3) is 5.46. The normalized spacial score (nSPS) is 11.4. The zero-order valence-electron chi connectivity index (χ0n) is 17.0. The van der Waals surface area contributed by atoms with Crippen molar-refractivity contribution in [2.45, 2.75) is 19.9 Å². The second-order valence-corrected chi connectivity index (χ2v) is 7.59. The average molecular weight is 439 g/mol. The standard InChI is InChI=1S/C22H22N4O4S/c1-13(15-8-4-3-5-9-15)24-21(28)16-10-6-7-11-17(16)25-18(27)12-30-22(29)19-14(2)26-31-20(19)23/h3-11,13H,12,23H2,1-2H3,(H,24,28)(H,25,27). The van der Waals surface area contributed by atoms with Gasteiger partial charge in [0.25, 0.3) is 11.8 Å². The molecule has 160 valence electrons. The number of rotatable bonds is 7. The van der Waals surface area contributed by atoms with Crippen molar-refractivity contribution < 1.29 is 19.1 Å². The van der Waals surface area contributed by atoms with Crippen molar-refractivity contribution in [1.82, 2.24) is 9.69 Å². The van der Waals surface area contributed by atoms with E-state index in [0.717, 1.165) is 17.1 Å². The van der Waals surface area contributed by atoms with E-state index in [1.165, 1.54) is 0 Å². The number of ether oxygens (including phenoxy) is 1. The first-order valence-corrected chi connectivity index (χ1v) is 10.3. The maximum atomic E-state index is 12.8. The number of nitrogen functional groups attached to an aromatic ring is 1. The van der Waals surface area contributed by atoms with Crippen molar-refractivity contribution in [1.29, 1.82) is 0 Å². The molecule has 2 aromatic carbocycles. The van der Waals surface area contributed by atoms with Gasteiger partial charge in [-0.2, -0.15) is 4.37 Å². The van der Waals surface area contributed by atoms with E-state index in [4.69, 9.17) is 10.5 Å². The molecule has 31 heavy (non-hydrogen) atoms. The van der Waals surface area contributed by atoms with E-state index >= 15 is 0 Å². The molecule has 0 aliphatic carbocycles. The van der Waals surface area contributed by atoms with E-state index in [9.17, 15) is 14.4 Å². The minimum atomic E-state index is -0.721. The third-order valence-electron chi connectivity index (χ3n) is 4.52. The number of aryl methyl sites for hydroxylation is 1. The summed E-state index contributed by atoms with van der Waals surface area (Å²) in [5.41, 5.74) is 7.90. The fraction of sp³-hybridized carbons (Fsp3) is 0.182. The Hall–Kier alpha value is -3.72. The summed E-state index contributed by atoms with van der Waals surface area (Å²) in [6.45, 7) is 2.99. The molecular weight excluding hydrogens is 416 g/mol. The molecule has 3 aromatic rings. The molecule has 9 heteroatoms. The Kier molecular flexibility index (Phi) is 6.99. The summed E-state index contributed by atoms with van der Waals surface area (Å²) in [6, 6.07) is 15.9. The number of esters is 1. The van der Waals surface area contributed by atoms with Crippen LogP contribution in [-0.4, -0.2) is 28.8 Å². The Morgan fingerprint density at radius 3 is 2.45 bits per heavy atom. The van der Waals surface area contributed by atoms with Crippen LogP contribution in [0.15, 0.2) is 54.6 Å². The maximum Gasteiger partial charge on any atom is 0.343 e.